The highest BCUT2D eigenvalue weighted by atomic mass is 16.5. The lowest BCUT2D eigenvalue weighted by Crippen LogP contribution is -2.19. The molecule has 1 aliphatic heterocycles. The third-order valence-electron chi connectivity index (χ3n) is 3.75. The van der Waals surface area contributed by atoms with Crippen LogP contribution in [0.25, 0.3) is 0 Å². The molecule has 1 aliphatic rings. The van der Waals surface area contributed by atoms with Gasteiger partial charge in [-0.05, 0) is 49.1 Å². The van der Waals surface area contributed by atoms with E-state index in [1.807, 2.05) is 38.1 Å². The van der Waals surface area contributed by atoms with Crippen molar-refractivity contribution in [2.24, 2.45) is 0 Å². The van der Waals surface area contributed by atoms with Crippen LogP contribution in [0.15, 0.2) is 30.3 Å². The molecule has 0 fully saturated rings. The molecule has 3 N–H and O–H groups in total. The number of rotatable bonds is 2. The summed E-state index contributed by atoms with van der Waals surface area (Å²) in [5, 5.41) is 2.84. The second kappa shape index (κ2) is 5.13. The fourth-order valence-corrected chi connectivity index (χ4v) is 2.58. The van der Waals surface area contributed by atoms with E-state index in [9.17, 15) is 4.79 Å². The molecule has 0 bridgehead atoms. The van der Waals surface area contributed by atoms with Gasteiger partial charge in [-0.15, -0.1) is 0 Å². The molecule has 0 aliphatic carbocycles. The molecule has 21 heavy (non-hydrogen) atoms. The molecule has 108 valence electrons. The van der Waals surface area contributed by atoms with Crippen LogP contribution in [0.1, 0.15) is 23.1 Å². The molecular formula is C17H18N2O2. The van der Waals surface area contributed by atoms with Gasteiger partial charge in [0, 0.05) is 12.1 Å². The van der Waals surface area contributed by atoms with E-state index in [4.69, 9.17) is 10.5 Å². The molecule has 0 radical (unpaired) electrons. The summed E-state index contributed by atoms with van der Waals surface area (Å²) in [5.74, 6) is 1.51. The third kappa shape index (κ3) is 2.57. The summed E-state index contributed by atoms with van der Waals surface area (Å²) >= 11 is 0. The van der Waals surface area contributed by atoms with Crippen molar-refractivity contribution >= 4 is 17.3 Å². The summed E-state index contributed by atoms with van der Waals surface area (Å²) in [6.07, 6.45) is 1.21. The lowest BCUT2D eigenvalue weighted by atomic mass is 10.0. The van der Waals surface area contributed by atoms with Crippen LogP contribution in [-0.4, -0.2) is 5.91 Å². The van der Waals surface area contributed by atoms with Crippen molar-refractivity contribution in [2.75, 3.05) is 11.1 Å². The summed E-state index contributed by atoms with van der Waals surface area (Å²) in [6.45, 7) is 4.02. The fraction of sp³-hybridized carbons (Fsp3) is 0.235. The van der Waals surface area contributed by atoms with Crippen molar-refractivity contribution in [3.63, 3.8) is 0 Å². The van der Waals surface area contributed by atoms with Gasteiger partial charge in [0.1, 0.15) is 5.75 Å². The van der Waals surface area contributed by atoms with E-state index >= 15 is 0 Å². The third-order valence-corrected chi connectivity index (χ3v) is 3.75. The number of aryl methyl sites for hydroxylation is 3. The molecule has 3 rings (SSSR count). The van der Waals surface area contributed by atoms with Crippen LogP contribution in [0.5, 0.6) is 11.5 Å². The predicted octanol–water partition coefficient (Wildman–Crippen LogP) is 3.56. The molecule has 4 nitrogen and oxygen atoms in total. The van der Waals surface area contributed by atoms with Crippen LogP contribution in [0.3, 0.4) is 0 Å². The van der Waals surface area contributed by atoms with Crippen molar-refractivity contribution in [1.29, 1.82) is 0 Å². The number of para-hydroxylation sites is 1. The van der Waals surface area contributed by atoms with Crippen LogP contribution in [0, 0.1) is 13.8 Å². The van der Waals surface area contributed by atoms with Gasteiger partial charge in [0.05, 0.1) is 5.69 Å². The topological polar surface area (TPSA) is 64.3 Å². The Balaban J connectivity index is 1.98. The zero-order valence-electron chi connectivity index (χ0n) is 12.2. The van der Waals surface area contributed by atoms with Gasteiger partial charge in [-0.1, -0.05) is 18.2 Å². The minimum Gasteiger partial charge on any atom is -0.455 e. The number of carbonyl (C=O) groups is 1. The maximum Gasteiger partial charge on any atom is 0.224 e. The smallest absolute Gasteiger partial charge is 0.224 e. The summed E-state index contributed by atoms with van der Waals surface area (Å²) in [5.41, 5.74) is 10.6. The quantitative estimate of drug-likeness (QED) is 0.828. The zero-order valence-corrected chi connectivity index (χ0v) is 12.2. The molecule has 0 aromatic heterocycles. The standard InChI is InChI=1S/C17H18N2O2/c1-10-4-3-5-11(2)17(10)21-15-8-12-6-7-16(20)19-14(12)9-13(15)18/h3-5,8-9H,6-7,18H2,1-2H3,(H,19,20). The highest BCUT2D eigenvalue weighted by molar-refractivity contribution is 5.94. The first-order valence-electron chi connectivity index (χ1n) is 7.01. The molecule has 1 amide bonds. The first-order chi connectivity index (χ1) is 10.0. The van der Waals surface area contributed by atoms with Gasteiger partial charge in [-0.2, -0.15) is 0 Å². The van der Waals surface area contributed by atoms with Gasteiger partial charge in [0.2, 0.25) is 5.91 Å². The Morgan fingerprint density at radius 3 is 2.57 bits per heavy atom. The number of fused-ring (bicyclic) bond motifs is 1. The van der Waals surface area contributed by atoms with Crippen molar-refractivity contribution in [3.05, 3.63) is 47.0 Å². The first kappa shape index (κ1) is 13.5. The van der Waals surface area contributed by atoms with E-state index in [2.05, 4.69) is 5.32 Å². The molecule has 0 unspecified atom stereocenters. The van der Waals surface area contributed by atoms with E-state index in [1.165, 1.54) is 0 Å². The highest BCUT2D eigenvalue weighted by Crippen LogP contribution is 2.37. The Morgan fingerprint density at radius 1 is 1.14 bits per heavy atom. The molecular weight excluding hydrogens is 264 g/mol. The monoisotopic (exact) mass is 282 g/mol. The summed E-state index contributed by atoms with van der Waals surface area (Å²) in [4.78, 5) is 11.4. The normalized spacial score (nSPS) is 13.5. The van der Waals surface area contributed by atoms with Gasteiger partial charge in [0.15, 0.2) is 5.75 Å². The average Bonchev–Trinajstić information content (AvgIpc) is 2.43. The van der Waals surface area contributed by atoms with Crippen LogP contribution < -0.4 is 15.8 Å². The molecule has 2 aromatic rings. The number of nitrogen functional groups attached to an aromatic ring is 1. The van der Waals surface area contributed by atoms with E-state index < -0.39 is 0 Å². The molecule has 0 atom stereocenters. The molecule has 0 spiro atoms. The average molecular weight is 282 g/mol. The van der Waals surface area contributed by atoms with E-state index in [0.29, 0.717) is 24.3 Å². The van der Waals surface area contributed by atoms with E-state index in [1.54, 1.807) is 6.07 Å². The summed E-state index contributed by atoms with van der Waals surface area (Å²) < 4.78 is 6.03. The van der Waals surface area contributed by atoms with Gasteiger partial charge >= 0.3 is 0 Å². The molecule has 1 heterocycles. The van der Waals surface area contributed by atoms with E-state index in [-0.39, 0.29) is 5.91 Å². The Bertz CT molecular complexity index is 703. The minimum atomic E-state index is 0.0327. The van der Waals surface area contributed by atoms with Crippen molar-refractivity contribution < 1.29 is 9.53 Å². The Labute approximate surface area is 123 Å². The fourth-order valence-electron chi connectivity index (χ4n) is 2.58. The number of nitrogens with two attached hydrogens (primary N) is 1. The van der Waals surface area contributed by atoms with Crippen LogP contribution in [0.2, 0.25) is 0 Å². The van der Waals surface area contributed by atoms with Crippen molar-refractivity contribution in [1.82, 2.24) is 0 Å². The number of hydrogen-bond donors (Lipinski definition) is 2. The van der Waals surface area contributed by atoms with Crippen molar-refractivity contribution in [2.45, 2.75) is 26.7 Å². The Kier molecular flexibility index (Phi) is 3.29. The van der Waals surface area contributed by atoms with E-state index in [0.717, 1.165) is 28.1 Å². The Hall–Kier alpha value is -2.49. The Morgan fingerprint density at radius 2 is 1.86 bits per heavy atom. The lowest BCUT2D eigenvalue weighted by Gasteiger charge is -2.20. The number of benzene rings is 2. The number of amides is 1. The summed E-state index contributed by atoms with van der Waals surface area (Å²) in [6, 6.07) is 9.73. The highest BCUT2D eigenvalue weighted by Gasteiger charge is 2.18. The van der Waals surface area contributed by atoms with Crippen LogP contribution in [-0.2, 0) is 11.2 Å². The summed E-state index contributed by atoms with van der Waals surface area (Å²) in [7, 11) is 0. The first-order valence-corrected chi connectivity index (χ1v) is 7.01. The van der Waals surface area contributed by atoms with Gasteiger partial charge in [-0.3, -0.25) is 4.79 Å². The second-order valence-electron chi connectivity index (χ2n) is 5.42. The molecule has 0 saturated carbocycles. The largest absolute Gasteiger partial charge is 0.455 e. The maximum atomic E-state index is 11.4. The lowest BCUT2D eigenvalue weighted by molar-refractivity contribution is -0.116. The number of ether oxygens (including phenoxy) is 1. The van der Waals surface area contributed by atoms with Gasteiger partial charge in [0.25, 0.3) is 0 Å². The number of nitrogens with one attached hydrogen (secondary N) is 1. The molecule has 4 heteroatoms. The van der Waals surface area contributed by atoms with Gasteiger partial charge < -0.3 is 15.8 Å². The SMILES string of the molecule is Cc1cccc(C)c1Oc1cc2c(cc1N)NC(=O)CC2. The molecule has 2 aromatic carbocycles. The maximum absolute atomic E-state index is 11.4. The number of anilines is 2. The predicted molar refractivity (Wildman–Crippen MR) is 83.8 cm³/mol. The second-order valence-corrected chi connectivity index (χ2v) is 5.42. The van der Waals surface area contributed by atoms with Crippen LogP contribution in [0.4, 0.5) is 11.4 Å². The van der Waals surface area contributed by atoms with Crippen molar-refractivity contribution in [3.8, 4) is 11.5 Å². The minimum absolute atomic E-state index is 0.0327. The zero-order chi connectivity index (χ0) is 15.0. The van der Waals surface area contributed by atoms with Crippen LogP contribution >= 0.6 is 0 Å². The van der Waals surface area contributed by atoms with Gasteiger partial charge in [-0.25, -0.2) is 0 Å². The number of carbonyl (C=O) groups excluding carboxylic acids is 1. The molecule has 0 saturated heterocycles. The number of hydrogen-bond acceptors (Lipinski definition) is 3.